The van der Waals surface area contributed by atoms with Gasteiger partial charge in [0.05, 0.1) is 7.11 Å². The van der Waals surface area contributed by atoms with E-state index in [4.69, 9.17) is 15.7 Å². The lowest BCUT2D eigenvalue weighted by atomic mass is 10.1. The summed E-state index contributed by atoms with van der Waals surface area (Å²) in [5.41, 5.74) is 7.52. The first-order valence-corrected chi connectivity index (χ1v) is 6.86. The lowest BCUT2D eigenvalue weighted by molar-refractivity contribution is 0.318. The van der Waals surface area contributed by atoms with Crippen molar-refractivity contribution in [3.05, 3.63) is 53.6 Å². The van der Waals surface area contributed by atoms with Crippen molar-refractivity contribution in [2.24, 2.45) is 10.9 Å². The third-order valence-corrected chi connectivity index (χ3v) is 3.89. The van der Waals surface area contributed by atoms with Gasteiger partial charge in [-0.15, -0.1) is 0 Å². The van der Waals surface area contributed by atoms with Crippen molar-refractivity contribution in [1.82, 2.24) is 0 Å². The summed E-state index contributed by atoms with van der Waals surface area (Å²) < 4.78 is 5.13. The Bertz CT molecular complexity index is 624. The van der Waals surface area contributed by atoms with E-state index in [0.717, 1.165) is 26.7 Å². The Morgan fingerprint density at radius 2 is 1.90 bits per heavy atom. The van der Waals surface area contributed by atoms with Crippen LogP contribution in [-0.4, -0.2) is 18.2 Å². The Hall–Kier alpha value is -2.14. The Kier molecular flexibility index (Phi) is 4.53. The van der Waals surface area contributed by atoms with E-state index in [1.807, 2.05) is 49.4 Å². The van der Waals surface area contributed by atoms with E-state index in [1.54, 1.807) is 18.9 Å². The fraction of sp³-hybridized carbons (Fsp3) is 0.133. The zero-order valence-electron chi connectivity index (χ0n) is 11.3. The molecule has 20 heavy (non-hydrogen) atoms. The number of rotatable bonds is 4. The van der Waals surface area contributed by atoms with Crippen LogP contribution in [0, 0.1) is 6.92 Å². The summed E-state index contributed by atoms with van der Waals surface area (Å²) in [6.07, 6.45) is 0. The molecule has 0 aliphatic rings. The van der Waals surface area contributed by atoms with Gasteiger partial charge in [-0.3, -0.25) is 0 Å². The van der Waals surface area contributed by atoms with Crippen LogP contribution >= 0.6 is 11.8 Å². The zero-order valence-corrected chi connectivity index (χ0v) is 12.1. The van der Waals surface area contributed by atoms with Gasteiger partial charge in [-0.1, -0.05) is 28.5 Å². The van der Waals surface area contributed by atoms with Gasteiger partial charge in [-0.05, 0) is 43.3 Å². The first-order valence-electron chi connectivity index (χ1n) is 6.04. The maximum Gasteiger partial charge on any atom is 0.171 e. The van der Waals surface area contributed by atoms with Crippen molar-refractivity contribution in [2.75, 3.05) is 7.11 Å². The van der Waals surface area contributed by atoms with Crippen molar-refractivity contribution in [2.45, 2.75) is 16.7 Å². The highest BCUT2D eigenvalue weighted by molar-refractivity contribution is 7.99. The Balaban J connectivity index is 2.32. The number of nitrogens with two attached hydrogens (primary N) is 1. The summed E-state index contributed by atoms with van der Waals surface area (Å²) in [6, 6.07) is 13.6. The van der Waals surface area contributed by atoms with Crippen LogP contribution in [0.1, 0.15) is 11.1 Å². The molecule has 5 heteroatoms. The van der Waals surface area contributed by atoms with Crippen LogP contribution in [0.2, 0.25) is 0 Å². The molecule has 4 nitrogen and oxygen atoms in total. The average molecular weight is 288 g/mol. The van der Waals surface area contributed by atoms with Gasteiger partial charge < -0.3 is 15.7 Å². The number of hydrogen-bond donors (Lipinski definition) is 2. The molecule has 0 amide bonds. The molecular weight excluding hydrogens is 272 g/mol. The first-order chi connectivity index (χ1) is 9.63. The lowest BCUT2D eigenvalue weighted by Gasteiger charge is -2.09. The SMILES string of the molecule is COc1ccc(Sc2ccc(C)cc2/C(N)=N/O)cc1. The lowest BCUT2D eigenvalue weighted by Crippen LogP contribution is -2.14. The van der Waals surface area contributed by atoms with Crippen molar-refractivity contribution in [1.29, 1.82) is 0 Å². The van der Waals surface area contributed by atoms with Crippen molar-refractivity contribution >= 4 is 17.6 Å². The fourth-order valence-electron chi connectivity index (χ4n) is 1.76. The predicted molar refractivity (Wildman–Crippen MR) is 80.8 cm³/mol. The number of amidine groups is 1. The topological polar surface area (TPSA) is 67.8 Å². The highest BCUT2D eigenvalue weighted by atomic mass is 32.2. The predicted octanol–water partition coefficient (Wildman–Crippen LogP) is 3.25. The van der Waals surface area contributed by atoms with E-state index in [2.05, 4.69) is 5.16 Å². The summed E-state index contributed by atoms with van der Waals surface area (Å²) >= 11 is 1.56. The van der Waals surface area contributed by atoms with Crippen LogP contribution in [0.15, 0.2) is 57.4 Å². The van der Waals surface area contributed by atoms with Crippen molar-refractivity contribution < 1.29 is 9.94 Å². The number of benzene rings is 2. The molecule has 2 aromatic carbocycles. The molecule has 0 radical (unpaired) electrons. The number of hydrogen-bond acceptors (Lipinski definition) is 4. The molecule has 2 aromatic rings. The van der Waals surface area contributed by atoms with E-state index in [0.29, 0.717) is 0 Å². The summed E-state index contributed by atoms with van der Waals surface area (Å²) in [4.78, 5) is 2.00. The van der Waals surface area contributed by atoms with E-state index in [9.17, 15) is 0 Å². The van der Waals surface area contributed by atoms with Gasteiger partial charge >= 0.3 is 0 Å². The van der Waals surface area contributed by atoms with Crippen LogP contribution < -0.4 is 10.5 Å². The molecule has 3 N–H and O–H groups in total. The second-order valence-electron chi connectivity index (χ2n) is 4.26. The molecule has 0 heterocycles. The van der Waals surface area contributed by atoms with Crippen LogP contribution in [0.25, 0.3) is 0 Å². The van der Waals surface area contributed by atoms with Gasteiger partial charge in [0.25, 0.3) is 0 Å². The zero-order chi connectivity index (χ0) is 14.5. The Morgan fingerprint density at radius 3 is 2.50 bits per heavy atom. The Morgan fingerprint density at radius 1 is 1.20 bits per heavy atom. The smallest absolute Gasteiger partial charge is 0.171 e. The molecule has 2 rings (SSSR count). The molecule has 0 aliphatic carbocycles. The van der Waals surface area contributed by atoms with E-state index in [1.165, 1.54) is 0 Å². The van der Waals surface area contributed by atoms with E-state index >= 15 is 0 Å². The van der Waals surface area contributed by atoms with E-state index in [-0.39, 0.29) is 5.84 Å². The van der Waals surface area contributed by atoms with Gasteiger partial charge in [0.2, 0.25) is 0 Å². The molecule has 0 bridgehead atoms. The monoisotopic (exact) mass is 288 g/mol. The van der Waals surface area contributed by atoms with Gasteiger partial charge in [0, 0.05) is 15.4 Å². The first kappa shape index (κ1) is 14.3. The number of methoxy groups -OCH3 is 1. The second-order valence-corrected chi connectivity index (χ2v) is 5.38. The average Bonchev–Trinajstić information content (AvgIpc) is 2.49. The minimum Gasteiger partial charge on any atom is -0.497 e. The highest BCUT2D eigenvalue weighted by Crippen LogP contribution is 2.32. The van der Waals surface area contributed by atoms with Crippen LogP contribution in [0.4, 0.5) is 0 Å². The normalized spacial score (nSPS) is 11.4. The molecule has 0 spiro atoms. The second kappa shape index (κ2) is 6.34. The van der Waals surface area contributed by atoms with Crippen LogP contribution in [0.3, 0.4) is 0 Å². The van der Waals surface area contributed by atoms with Crippen molar-refractivity contribution in [3.8, 4) is 5.75 Å². The highest BCUT2D eigenvalue weighted by Gasteiger charge is 2.09. The standard InChI is InChI=1S/C15H16N2O2S/c1-10-3-8-14(13(9-10)15(16)17-18)20-12-6-4-11(19-2)5-7-12/h3-9,18H,1-2H3,(H2,16,17). The number of nitrogens with zero attached hydrogens (tertiary/aromatic N) is 1. The Labute approximate surface area is 122 Å². The summed E-state index contributed by atoms with van der Waals surface area (Å²) in [5.74, 6) is 0.930. The van der Waals surface area contributed by atoms with Crippen LogP contribution in [0.5, 0.6) is 5.75 Å². The van der Waals surface area contributed by atoms with Gasteiger partial charge in [-0.25, -0.2) is 0 Å². The molecule has 0 atom stereocenters. The van der Waals surface area contributed by atoms with Gasteiger partial charge in [-0.2, -0.15) is 0 Å². The molecule has 0 saturated carbocycles. The molecule has 0 unspecified atom stereocenters. The number of aryl methyl sites for hydroxylation is 1. The molecule has 0 aliphatic heterocycles. The maximum absolute atomic E-state index is 8.88. The summed E-state index contributed by atoms with van der Waals surface area (Å²) in [7, 11) is 1.64. The minimum atomic E-state index is 0.115. The molecular formula is C15H16N2O2S. The third-order valence-electron chi connectivity index (χ3n) is 2.81. The van der Waals surface area contributed by atoms with Crippen molar-refractivity contribution in [3.63, 3.8) is 0 Å². The minimum absolute atomic E-state index is 0.115. The molecule has 104 valence electrons. The fourth-order valence-corrected chi connectivity index (χ4v) is 2.69. The number of ether oxygens (including phenoxy) is 1. The largest absolute Gasteiger partial charge is 0.497 e. The molecule has 0 aromatic heterocycles. The third kappa shape index (κ3) is 3.24. The molecule has 0 fully saturated rings. The molecule has 0 saturated heterocycles. The summed E-state index contributed by atoms with van der Waals surface area (Å²) in [6.45, 7) is 1.97. The quantitative estimate of drug-likeness (QED) is 0.392. The number of oxime groups is 1. The van der Waals surface area contributed by atoms with Crippen LogP contribution in [-0.2, 0) is 0 Å². The van der Waals surface area contributed by atoms with Gasteiger partial charge in [0.1, 0.15) is 5.75 Å². The van der Waals surface area contributed by atoms with E-state index < -0.39 is 0 Å². The van der Waals surface area contributed by atoms with Gasteiger partial charge in [0.15, 0.2) is 5.84 Å². The maximum atomic E-state index is 8.88. The summed E-state index contributed by atoms with van der Waals surface area (Å²) in [5, 5.41) is 12.0.